The molecule has 3 rings (SSSR count). The van der Waals surface area contributed by atoms with Crippen LogP contribution in [0.5, 0.6) is 0 Å². The van der Waals surface area contributed by atoms with Crippen LogP contribution in [-0.4, -0.2) is 72.0 Å². The number of likely N-dealkylation sites (N-methyl/N-ethyl adjacent to an activating group) is 2. The molecule has 1 aromatic rings. The molecule has 1 aromatic heterocycles. The van der Waals surface area contributed by atoms with Crippen LogP contribution in [0, 0.1) is 0 Å². The summed E-state index contributed by atoms with van der Waals surface area (Å²) in [5.74, 6) is 1.06. The standard InChI is InChI=1S/C12H20N6S/c1-16-3-5-18(6-4-16)12-11(14-19-15-12)10-7-13-9-17(2)8-10/h7,13H,3-6,8-9H2,1-2H3. The van der Waals surface area contributed by atoms with Crippen molar-refractivity contribution in [1.82, 2.24) is 23.9 Å². The van der Waals surface area contributed by atoms with Crippen LogP contribution in [0.4, 0.5) is 5.82 Å². The zero-order chi connectivity index (χ0) is 13.2. The molecule has 6 nitrogen and oxygen atoms in total. The SMILES string of the molecule is CN1CCN(c2nsnc2C2=CNCN(C)C2)CC1. The maximum absolute atomic E-state index is 4.52. The van der Waals surface area contributed by atoms with Crippen molar-refractivity contribution in [3.8, 4) is 0 Å². The maximum Gasteiger partial charge on any atom is 0.170 e. The van der Waals surface area contributed by atoms with Crippen molar-refractivity contribution in [3.63, 3.8) is 0 Å². The van der Waals surface area contributed by atoms with Gasteiger partial charge in [-0.2, -0.15) is 8.75 Å². The predicted octanol–water partition coefficient (Wildman–Crippen LogP) is 0.123. The summed E-state index contributed by atoms with van der Waals surface area (Å²) in [5, 5.41) is 3.28. The lowest BCUT2D eigenvalue weighted by Crippen LogP contribution is -2.45. The molecule has 19 heavy (non-hydrogen) atoms. The summed E-state index contributed by atoms with van der Waals surface area (Å²) in [4.78, 5) is 6.95. The maximum atomic E-state index is 4.52. The highest BCUT2D eigenvalue weighted by Gasteiger charge is 2.23. The lowest BCUT2D eigenvalue weighted by Gasteiger charge is -2.33. The van der Waals surface area contributed by atoms with E-state index < -0.39 is 0 Å². The van der Waals surface area contributed by atoms with Gasteiger partial charge >= 0.3 is 0 Å². The van der Waals surface area contributed by atoms with Gasteiger partial charge in [-0.1, -0.05) is 0 Å². The number of nitrogens with zero attached hydrogens (tertiary/aromatic N) is 5. The molecule has 0 aliphatic carbocycles. The monoisotopic (exact) mass is 280 g/mol. The molecule has 1 saturated heterocycles. The fourth-order valence-corrected chi connectivity index (χ4v) is 3.07. The minimum Gasteiger partial charge on any atom is -0.378 e. The van der Waals surface area contributed by atoms with Crippen molar-refractivity contribution < 1.29 is 0 Å². The molecule has 0 aromatic carbocycles. The van der Waals surface area contributed by atoms with Gasteiger partial charge in [0.2, 0.25) is 0 Å². The molecule has 0 atom stereocenters. The van der Waals surface area contributed by atoms with Gasteiger partial charge in [-0.15, -0.1) is 0 Å². The number of rotatable bonds is 2. The zero-order valence-electron chi connectivity index (χ0n) is 11.5. The summed E-state index contributed by atoms with van der Waals surface area (Å²) in [6, 6.07) is 0. The molecule has 2 aliphatic heterocycles. The third-order valence-electron chi connectivity index (χ3n) is 3.66. The summed E-state index contributed by atoms with van der Waals surface area (Å²) in [6.45, 7) is 6.07. The van der Waals surface area contributed by atoms with Crippen LogP contribution in [0.15, 0.2) is 6.20 Å². The van der Waals surface area contributed by atoms with Crippen LogP contribution in [0.2, 0.25) is 0 Å². The zero-order valence-corrected chi connectivity index (χ0v) is 12.3. The lowest BCUT2D eigenvalue weighted by atomic mass is 10.1. The van der Waals surface area contributed by atoms with Crippen LogP contribution in [0.25, 0.3) is 5.57 Å². The molecule has 0 radical (unpaired) electrons. The fourth-order valence-electron chi connectivity index (χ4n) is 2.47. The van der Waals surface area contributed by atoms with Crippen LogP contribution in [0.3, 0.4) is 0 Å². The lowest BCUT2D eigenvalue weighted by molar-refractivity contribution is 0.312. The summed E-state index contributed by atoms with van der Waals surface area (Å²) >= 11 is 1.31. The Morgan fingerprint density at radius 2 is 1.89 bits per heavy atom. The Labute approximate surface area is 118 Å². The van der Waals surface area contributed by atoms with E-state index in [9.17, 15) is 0 Å². The Hall–Kier alpha value is -1.18. The van der Waals surface area contributed by atoms with E-state index in [-0.39, 0.29) is 0 Å². The Morgan fingerprint density at radius 1 is 1.11 bits per heavy atom. The van der Waals surface area contributed by atoms with E-state index in [0.717, 1.165) is 50.9 Å². The van der Waals surface area contributed by atoms with E-state index in [2.05, 4.69) is 49.1 Å². The second kappa shape index (κ2) is 5.44. The van der Waals surface area contributed by atoms with Crippen molar-refractivity contribution in [2.24, 2.45) is 0 Å². The topological polar surface area (TPSA) is 47.5 Å². The third-order valence-corrected chi connectivity index (χ3v) is 4.17. The summed E-state index contributed by atoms with van der Waals surface area (Å²) in [7, 11) is 4.27. The first kappa shape index (κ1) is 12.8. The number of anilines is 1. The van der Waals surface area contributed by atoms with Gasteiger partial charge in [0.1, 0.15) is 5.69 Å². The Kier molecular flexibility index (Phi) is 3.67. The molecule has 0 saturated carbocycles. The van der Waals surface area contributed by atoms with Crippen molar-refractivity contribution in [2.45, 2.75) is 0 Å². The minimum absolute atomic E-state index is 0.894. The van der Waals surface area contributed by atoms with Gasteiger partial charge in [0.05, 0.1) is 18.4 Å². The van der Waals surface area contributed by atoms with Crippen LogP contribution >= 0.6 is 11.7 Å². The van der Waals surface area contributed by atoms with Crippen LogP contribution < -0.4 is 10.2 Å². The molecule has 7 heteroatoms. The highest BCUT2D eigenvalue weighted by Crippen LogP contribution is 2.27. The highest BCUT2D eigenvalue weighted by molar-refractivity contribution is 6.99. The fraction of sp³-hybridized carbons (Fsp3) is 0.667. The average Bonchev–Trinajstić information content (AvgIpc) is 2.89. The van der Waals surface area contributed by atoms with E-state index in [1.165, 1.54) is 17.3 Å². The van der Waals surface area contributed by atoms with Gasteiger partial charge in [-0.3, -0.25) is 4.90 Å². The van der Waals surface area contributed by atoms with Gasteiger partial charge in [-0.05, 0) is 14.1 Å². The van der Waals surface area contributed by atoms with E-state index in [1.54, 1.807) is 0 Å². The first-order valence-electron chi connectivity index (χ1n) is 6.61. The number of nitrogens with one attached hydrogen (secondary N) is 1. The van der Waals surface area contributed by atoms with E-state index in [4.69, 9.17) is 0 Å². The predicted molar refractivity (Wildman–Crippen MR) is 78.2 cm³/mol. The van der Waals surface area contributed by atoms with Crippen LogP contribution in [0.1, 0.15) is 5.69 Å². The Bertz CT molecular complexity index is 463. The molecule has 1 N–H and O–H groups in total. The first-order valence-corrected chi connectivity index (χ1v) is 7.34. The van der Waals surface area contributed by atoms with E-state index in [0.29, 0.717) is 0 Å². The molecule has 0 unspecified atom stereocenters. The second-order valence-corrected chi connectivity index (χ2v) is 5.80. The minimum atomic E-state index is 0.894. The van der Waals surface area contributed by atoms with Crippen molar-refractivity contribution in [2.75, 3.05) is 58.4 Å². The highest BCUT2D eigenvalue weighted by atomic mass is 32.1. The Morgan fingerprint density at radius 3 is 2.63 bits per heavy atom. The third kappa shape index (κ3) is 2.72. The molecule has 0 bridgehead atoms. The quantitative estimate of drug-likeness (QED) is 0.830. The summed E-state index contributed by atoms with van der Waals surface area (Å²) in [5.41, 5.74) is 2.28. The van der Waals surface area contributed by atoms with Crippen molar-refractivity contribution >= 4 is 23.1 Å². The molecule has 2 aliphatic rings. The number of hydrogen-bond acceptors (Lipinski definition) is 7. The number of hydrogen-bond donors (Lipinski definition) is 1. The molecule has 0 amide bonds. The van der Waals surface area contributed by atoms with E-state index in [1.807, 2.05) is 0 Å². The molecular formula is C12H20N6S. The second-order valence-electron chi connectivity index (χ2n) is 5.27. The van der Waals surface area contributed by atoms with Gasteiger partial charge in [-0.25, -0.2) is 0 Å². The number of piperazine rings is 1. The smallest absolute Gasteiger partial charge is 0.170 e. The van der Waals surface area contributed by atoms with Gasteiger partial charge in [0.25, 0.3) is 0 Å². The molecular weight excluding hydrogens is 260 g/mol. The van der Waals surface area contributed by atoms with Gasteiger partial charge in [0.15, 0.2) is 5.82 Å². The first-order chi connectivity index (χ1) is 9.24. The summed E-state index contributed by atoms with van der Waals surface area (Å²) < 4.78 is 9.02. The summed E-state index contributed by atoms with van der Waals surface area (Å²) in [6.07, 6.45) is 2.08. The molecule has 104 valence electrons. The largest absolute Gasteiger partial charge is 0.378 e. The normalized spacial score (nSPS) is 22.2. The molecule has 3 heterocycles. The molecule has 0 spiro atoms. The van der Waals surface area contributed by atoms with Crippen LogP contribution in [-0.2, 0) is 0 Å². The number of aromatic nitrogens is 2. The van der Waals surface area contributed by atoms with Crippen molar-refractivity contribution in [3.05, 3.63) is 11.9 Å². The Balaban J connectivity index is 1.80. The molecule has 1 fully saturated rings. The van der Waals surface area contributed by atoms with E-state index >= 15 is 0 Å². The van der Waals surface area contributed by atoms with Crippen molar-refractivity contribution in [1.29, 1.82) is 0 Å². The average molecular weight is 280 g/mol. The van der Waals surface area contributed by atoms with Gasteiger partial charge in [0, 0.05) is 44.5 Å². The van der Waals surface area contributed by atoms with Gasteiger partial charge < -0.3 is 15.1 Å².